The summed E-state index contributed by atoms with van der Waals surface area (Å²) in [4.78, 5) is 29.3. The zero-order valence-electron chi connectivity index (χ0n) is 11.8. The number of amides is 2. The number of hydrogen-bond donors (Lipinski definition) is 1. The summed E-state index contributed by atoms with van der Waals surface area (Å²) in [5, 5.41) is 2.93. The molecule has 1 saturated heterocycles. The highest BCUT2D eigenvalue weighted by Crippen LogP contribution is 2.18. The molecule has 1 fully saturated rings. The fourth-order valence-corrected chi connectivity index (χ4v) is 2.40. The number of likely N-dealkylation sites (tertiary alicyclic amines) is 1. The molecule has 0 atom stereocenters. The lowest BCUT2D eigenvalue weighted by Gasteiger charge is -2.32. The Morgan fingerprint density at radius 2 is 1.95 bits per heavy atom. The van der Waals surface area contributed by atoms with Gasteiger partial charge in [-0.15, -0.1) is 0 Å². The summed E-state index contributed by atoms with van der Waals surface area (Å²) >= 11 is 0. The summed E-state index contributed by atoms with van der Waals surface area (Å²) in [6, 6.07) is 3.49. The number of carbonyl (C=O) groups is 2. The third-order valence-corrected chi connectivity index (χ3v) is 3.74. The van der Waals surface area contributed by atoms with Gasteiger partial charge >= 0.3 is 0 Å². The van der Waals surface area contributed by atoms with Gasteiger partial charge in [0, 0.05) is 44.0 Å². The van der Waals surface area contributed by atoms with E-state index >= 15 is 0 Å². The third kappa shape index (κ3) is 3.79. The molecule has 1 aliphatic rings. The zero-order valence-corrected chi connectivity index (χ0v) is 11.8. The van der Waals surface area contributed by atoms with Gasteiger partial charge in [-0.2, -0.15) is 0 Å². The molecule has 1 aliphatic heterocycles. The van der Waals surface area contributed by atoms with Crippen molar-refractivity contribution < 1.29 is 9.59 Å². The van der Waals surface area contributed by atoms with Crippen LogP contribution in [-0.4, -0.2) is 41.3 Å². The first-order valence-corrected chi connectivity index (χ1v) is 7.16. The molecule has 0 saturated carbocycles. The van der Waals surface area contributed by atoms with Crippen molar-refractivity contribution in [1.29, 1.82) is 0 Å². The maximum atomic E-state index is 12.2. The summed E-state index contributed by atoms with van der Waals surface area (Å²) in [7, 11) is 0. The zero-order chi connectivity index (χ0) is 14.4. The van der Waals surface area contributed by atoms with Gasteiger partial charge in [0.15, 0.2) is 0 Å². The van der Waals surface area contributed by atoms with Gasteiger partial charge in [0.2, 0.25) is 5.91 Å². The largest absolute Gasteiger partial charge is 0.356 e. The fourth-order valence-electron chi connectivity index (χ4n) is 2.40. The molecule has 1 aromatic rings. The number of aromatic nitrogens is 1. The quantitative estimate of drug-likeness (QED) is 0.905. The Kier molecular flexibility index (Phi) is 5.09. The van der Waals surface area contributed by atoms with E-state index in [9.17, 15) is 9.59 Å². The Morgan fingerprint density at radius 1 is 1.30 bits per heavy atom. The van der Waals surface area contributed by atoms with Crippen LogP contribution >= 0.6 is 0 Å². The summed E-state index contributed by atoms with van der Waals surface area (Å²) < 4.78 is 0. The summed E-state index contributed by atoms with van der Waals surface area (Å²) in [6.07, 6.45) is 5.70. The number of nitrogens with one attached hydrogen (secondary N) is 1. The normalized spacial score (nSPS) is 15.9. The first-order valence-electron chi connectivity index (χ1n) is 7.16. The van der Waals surface area contributed by atoms with Crippen LogP contribution in [0, 0.1) is 5.92 Å². The highest BCUT2D eigenvalue weighted by atomic mass is 16.2. The van der Waals surface area contributed by atoms with E-state index in [2.05, 4.69) is 10.3 Å². The average molecular weight is 275 g/mol. The van der Waals surface area contributed by atoms with Crippen molar-refractivity contribution in [1.82, 2.24) is 15.2 Å². The van der Waals surface area contributed by atoms with Gasteiger partial charge in [-0.3, -0.25) is 14.6 Å². The second-order valence-corrected chi connectivity index (χ2v) is 5.13. The molecule has 0 radical (unpaired) electrons. The highest BCUT2D eigenvalue weighted by molar-refractivity contribution is 5.94. The van der Waals surface area contributed by atoms with E-state index < -0.39 is 0 Å². The van der Waals surface area contributed by atoms with Gasteiger partial charge < -0.3 is 10.2 Å². The molecule has 1 N–H and O–H groups in total. The molecule has 0 aromatic carbocycles. The molecule has 2 heterocycles. The molecule has 0 unspecified atom stereocenters. The molecule has 2 amide bonds. The van der Waals surface area contributed by atoms with E-state index in [1.807, 2.05) is 11.8 Å². The third-order valence-electron chi connectivity index (χ3n) is 3.74. The number of nitrogens with zero attached hydrogens (tertiary/aromatic N) is 2. The van der Waals surface area contributed by atoms with Crippen LogP contribution in [0.5, 0.6) is 0 Å². The molecule has 108 valence electrons. The van der Waals surface area contributed by atoms with Crippen LogP contribution in [0.15, 0.2) is 24.5 Å². The fraction of sp³-hybridized carbons (Fsp3) is 0.533. The Hall–Kier alpha value is -1.91. The van der Waals surface area contributed by atoms with Gasteiger partial charge in [-0.05, 0) is 30.9 Å². The first-order chi connectivity index (χ1) is 9.70. The van der Waals surface area contributed by atoms with Crippen LogP contribution in [0.25, 0.3) is 0 Å². The minimum Gasteiger partial charge on any atom is -0.356 e. The minimum atomic E-state index is 0.0726. The Morgan fingerprint density at radius 3 is 2.55 bits per heavy atom. The van der Waals surface area contributed by atoms with E-state index in [-0.39, 0.29) is 11.8 Å². The predicted molar refractivity (Wildman–Crippen MR) is 76.2 cm³/mol. The van der Waals surface area contributed by atoms with Crippen LogP contribution in [-0.2, 0) is 4.79 Å². The lowest BCUT2D eigenvalue weighted by Crippen LogP contribution is -2.41. The van der Waals surface area contributed by atoms with E-state index in [0.717, 1.165) is 32.5 Å². The van der Waals surface area contributed by atoms with Crippen molar-refractivity contribution in [3.8, 4) is 0 Å². The number of pyridine rings is 1. The average Bonchev–Trinajstić information content (AvgIpc) is 2.53. The number of piperidine rings is 1. The second-order valence-electron chi connectivity index (χ2n) is 5.13. The lowest BCUT2D eigenvalue weighted by atomic mass is 9.96. The van der Waals surface area contributed by atoms with Crippen molar-refractivity contribution in [2.75, 3.05) is 19.6 Å². The molecule has 0 bridgehead atoms. The minimum absolute atomic E-state index is 0.0726. The topological polar surface area (TPSA) is 62.3 Å². The summed E-state index contributed by atoms with van der Waals surface area (Å²) in [5.74, 6) is 0.649. The van der Waals surface area contributed by atoms with Crippen molar-refractivity contribution in [2.45, 2.75) is 26.2 Å². The molecular weight excluding hydrogens is 254 g/mol. The van der Waals surface area contributed by atoms with Crippen LogP contribution in [0.3, 0.4) is 0 Å². The molecule has 0 spiro atoms. The summed E-state index contributed by atoms with van der Waals surface area (Å²) in [6.45, 7) is 4.09. The maximum absolute atomic E-state index is 12.2. The molecule has 5 heteroatoms. The van der Waals surface area contributed by atoms with E-state index in [1.54, 1.807) is 24.5 Å². The molecule has 20 heavy (non-hydrogen) atoms. The molecule has 1 aromatic heterocycles. The molecular formula is C15H21N3O2. The monoisotopic (exact) mass is 275 g/mol. The van der Waals surface area contributed by atoms with Gasteiger partial charge in [-0.25, -0.2) is 0 Å². The maximum Gasteiger partial charge on any atom is 0.253 e. The predicted octanol–water partition coefficient (Wildman–Crippen LogP) is 1.46. The molecule has 2 rings (SSSR count). The number of hydrogen-bond acceptors (Lipinski definition) is 3. The van der Waals surface area contributed by atoms with Crippen molar-refractivity contribution in [2.24, 2.45) is 5.92 Å². The molecule has 0 aliphatic carbocycles. The van der Waals surface area contributed by atoms with Gasteiger partial charge in [0.05, 0.1) is 0 Å². The van der Waals surface area contributed by atoms with Crippen LogP contribution in [0.2, 0.25) is 0 Å². The number of rotatable bonds is 4. The highest BCUT2D eigenvalue weighted by Gasteiger charge is 2.23. The van der Waals surface area contributed by atoms with Gasteiger partial charge in [0.25, 0.3) is 5.91 Å². The SMILES string of the molecule is CCC(=O)NCC1CCN(C(=O)c2ccncc2)CC1. The second kappa shape index (κ2) is 7.03. The van der Waals surface area contributed by atoms with E-state index in [1.165, 1.54) is 0 Å². The lowest BCUT2D eigenvalue weighted by molar-refractivity contribution is -0.121. The van der Waals surface area contributed by atoms with Crippen molar-refractivity contribution in [3.05, 3.63) is 30.1 Å². The van der Waals surface area contributed by atoms with Crippen LogP contribution in [0.4, 0.5) is 0 Å². The van der Waals surface area contributed by atoms with Gasteiger partial charge in [0.1, 0.15) is 0 Å². The Labute approximate surface area is 119 Å². The molecule has 5 nitrogen and oxygen atoms in total. The van der Waals surface area contributed by atoms with E-state index in [0.29, 0.717) is 17.9 Å². The standard InChI is InChI=1S/C15H21N3O2/c1-2-14(19)17-11-12-5-9-18(10-6-12)15(20)13-3-7-16-8-4-13/h3-4,7-8,12H,2,5-6,9-11H2,1H3,(H,17,19). The first kappa shape index (κ1) is 14.5. The Bertz CT molecular complexity index is 453. The van der Waals surface area contributed by atoms with Crippen LogP contribution in [0.1, 0.15) is 36.5 Å². The van der Waals surface area contributed by atoms with Crippen molar-refractivity contribution in [3.63, 3.8) is 0 Å². The smallest absolute Gasteiger partial charge is 0.253 e. The van der Waals surface area contributed by atoms with E-state index in [4.69, 9.17) is 0 Å². The van der Waals surface area contributed by atoms with Crippen LogP contribution < -0.4 is 5.32 Å². The Balaban J connectivity index is 1.79. The number of carbonyl (C=O) groups excluding carboxylic acids is 2. The van der Waals surface area contributed by atoms with Gasteiger partial charge in [-0.1, -0.05) is 6.92 Å². The van der Waals surface area contributed by atoms with Crippen molar-refractivity contribution >= 4 is 11.8 Å². The summed E-state index contributed by atoms with van der Waals surface area (Å²) in [5.41, 5.74) is 0.692.